The first-order chi connectivity index (χ1) is 9.45. The lowest BCUT2D eigenvalue weighted by atomic mass is 10.1. The molecule has 3 rings (SSSR count). The second kappa shape index (κ2) is 5.66. The summed E-state index contributed by atoms with van der Waals surface area (Å²) in [7, 11) is 0. The van der Waals surface area contributed by atoms with Crippen LogP contribution in [-0.2, 0) is 6.18 Å². The van der Waals surface area contributed by atoms with Crippen LogP contribution < -0.4 is 5.73 Å². The molecule has 1 fully saturated rings. The predicted molar refractivity (Wildman–Crippen MR) is 77.3 cm³/mol. The van der Waals surface area contributed by atoms with Crippen LogP contribution in [0.1, 0.15) is 23.5 Å². The van der Waals surface area contributed by atoms with Gasteiger partial charge >= 0.3 is 6.18 Å². The third-order valence-corrected chi connectivity index (χ3v) is 3.54. The molecule has 0 radical (unpaired) electrons. The van der Waals surface area contributed by atoms with Crippen LogP contribution in [0.15, 0.2) is 42.6 Å². The molecule has 1 aliphatic carbocycles. The van der Waals surface area contributed by atoms with Crippen LogP contribution >= 0.6 is 12.4 Å². The van der Waals surface area contributed by atoms with Gasteiger partial charge in [-0.1, -0.05) is 18.2 Å². The molecule has 0 amide bonds. The van der Waals surface area contributed by atoms with Gasteiger partial charge in [-0.25, -0.2) is 0 Å². The Morgan fingerprint density at radius 2 is 1.86 bits per heavy atom. The smallest absolute Gasteiger partial charge is 0.327 e. The molecule has 0 aliphatic heterocycles. The normalized spacial score (nSPS) is 20.8. The van der Waals surface area contributed by atoms with E-state index >= 15 is 0 Å². The van der Waals surface area contributed by atoms with Crippen molar-refractivity contribution in [3.8, 4) is 11.3 Å². The summed E-state index contributed by atoms with van der Waals surface area (Å²) in [6, 6.07) is 9.02. The van der Waals surface area contributed by atoms with Gasteiger partial charge in [-0.2, -0.15) is 13.2 Å². The Labute approximate surface area is 126 Å². The average molecular weight is 315 g/mol. The predicted octanol–water partition coefficient (Wildman–Crippen LogP) is 4.00. The molecule has 0 unspecified atom stereocenters. The minimum atomic E-state index is -4.34. The highest BCUT2D eigenvalue weighted by Gasteiger charge is 2.35. The molecule has 2 nitrogen and oxygen atoms in total. The van der Waals surface area contributed by atoms with Crippen molar-refractivity contribution < 1.29 is 13.2 Å². The van der Waals surface area contributed by atoms with E-state index in [-0.39, 0.29) is 18.4 Å². The van der Waals surface area contributed by atoms with Gasteiger partial charge < -0.3 is 5.73 Å². The molecule has 0 bridgehead atoms. The van der Waals surface area contributed by atoms with Gasteiger partial charge in [0, 0.05) is 23.7 Å². The van der Waals surface area contributed by atoms with Crippen LogP contribution in [0.5, 0.6) is 0 Å². The highest BCUT2D eigenvalue weighted by Crippen LogP contribution is 2.39. The minimum absolute atomic E-state index is 0. The van der Waals surface area contributed by atoms with Gasteiger partial charge in [-0.05, 0) is 30.2 Å². The lowest BCUT2D eigenvalue weighted by Gasteiger charge is -2.08. The summed E-state index contributed by atoms with van der Waals surface area (Å²) in [5, 5.41) is 0. The molecule has 2 N–H and O–H groups in total. The van der Waals surface area contributed by atoms with Crippen LogP contribution in [0, 0.1) is 0 Å². The molecule has 1 aromatic heterocycles. The van der Waals surface area contributed by atoms with E-state index in [4.69, 9.17) is 5.73 Å². The van der Waals surface area contributed by atoms with E-state index in [0.717, 1.165) is 24.1 Å². The molecule has 2 aromatic rings. The highest BCUT2D eigenvalue weighted by atomic mass is 35.5. The van der Waals surface area contributed by atoms with E-state index in [2.05, 4.69) is 4.98 Å². The first-order valence-corrected chi connectivity index (χ1v) is 6.34. The Bertz CT molecular complexity index is 626. The SMILES string of the molecule is Cl.N[C@@H]1C[C@H]1c1ccc(-c2cccc(C(F)(F)F)c2)nc1. The van der Waals surface area contributed by atoms with E-state index in [9.17, 15) is 13.2 Å². The molecule has 1 saturated carbocycles. The number of nitrogens with two attached hydrogens (primary N) is 1. The molecule has 21 heavy (non-hydrogen) atoms. The Morgan fingerprint density at radius 3 is 2.38 bits per heavy atom. The van der Waals surface area contributed by atoms with Crippen LogP contribution in [0.25, 0.3) is 11.3 Å². The zero-order chi connectivity index (χ0) is 14.3. The number of pyridine rings is 1. The highest BCUT2D eigenvalue weighted by molar-refractivity contribution is 5.85. The number of benzene rings is 1. The molecule has 0 spiro atoms. The number of hydrogen-bond donors (Lipinski definition) is 1. The maximum absolute atomic E-state index is 12.7. The molecule has 1 aliphatic rings. The molecule has 0 saturated heterocycles. The van der Waals surface area contributed by atoms with Gasteiger partial charge in [-0.15, -0.1) is 12.4 Å². The fraction of sp³-hybridized carbons (Fsp3) is 0.267. The van der Waals surface area contributed by atoms with Gasteiger partial charge in [0.2, 0.25) is 0 Å². The summed E-state index contributed by atoms with van der Waals surface area (Å²) >= 11 is 0. The maximum atomic E-state index is 12.7. The van der Waals surface area contributed by atoms with E-state index in [1.807, 2.05) is 6.07 Å². The van der Waals surface area contributed by atoms with Crippen LogP contribution in [-0.4, -0.2) is 11.0 Å². The third-order valence-electron chi connectivity index (χ3n) is 3.54. The van der Waals surface area contributed by atoms with E-state index in [1.54, 1.807) is 18.3 Å². The molecule has 6 heteroatoms. The van der Waals surface area contributed by atoms with E-state index in [1.165, 1.54) is 6.07 Å². The summed E-state index contributed by atoms with van der Waals surface area (Å²) in [5.74, 6) is 0.345. The largest absolute Gasteiger partial charge is 0.416 e. The first kappa shape index (κ1) is 15.8. The zero-order valence-electron chi connectivity index (χ0n) is 11.0. The Morgan fingerprint density at radius 1 is 1.14 bits per heavy atom. The molecular weight excluding hydrogens is 301 g/mol. The molecule has 2 atom stereocenters. The Hall–Kier alpha value is -1.59. The Kier molecular flexibility index (Phi) is 4.25. The van der Waals surface area contributed by atoms with Crippen LogP contribution in [0.3, 0.4) is 0 Å². The maximum Gasteiger partial charge on any atom is 0.416 e. The lowest BCUT2D eigenvalue weighted by Crippen LogP contribution is -2.04. The Balaban J connectivity index is 0.00000161. The fourth-order valence-electron chi connectivity index (χ4n) is 2.25. The molecule has 1 heterocycles. The standard InChI is InChI=1S/C15H13F3N2.ClH/c16-15(17,18)11-3-1-2-9(6-11)14-5-4-10(8-20-14)12-7-13(12)19;/h1-6,8,12-13H,7,19H2;1H/t12-,13+;/m0./s1. The summed E-state index contributed by atoms with van der Waals surface area (Å²) in [5.41, 5.74) is 7.15. The number of hydrogen-bond acceptors (Lipinski definition) is 2. The summed E-state index contributed by atoms with van der Waals surface area (Å²) in [6.07, 6.45) is -1.69. The first-order valence-electron chi connectivity index (χ1n) is 6.34. The number of halogens is 4. The fourth-order valence-corrected chi connectivity index (χ4v) is 2.25. The van der Waals surface area contributed by atoms with Crippen molar-refractivity contribution in [1.29, 1.82) is 0 Å². The van der Waals surface area contributed by atoms with Crippen LogP contribution in [0.4, 0.5) is 13.2 Å². The van der Waals surface area contributed by atoms with E-state index in [0.29, 0.717) is 17.2 Å². The monoisotopic (exact) mass is 314 g/mol. The average Bonchev–Trinajstić information content (AvgIpc) is 3.15. The third kappa shape index (κ3) is 3.36. The van der Waals surface area contributed by atoms with Gasteiger partial charge in [0.1, 0.15) is 0 Å². The number of nitrogens with zero attached hydrogens (tertiary/aromatic N) is 1. The molecule has 112 valence electrons. The van der Waals surface area contributed by atoms with Gasteiger partial charge in [0.05, 0.1) is 11.3 Å². The summed E-state index contributed by atoms with van der Waals surface area (Å²) in [4.78, 5) is 4.24. The van der Waals surface area contributed by atoms with E-state index < -0.39 is 11.7 Å². The lowest BCUT2D eigenvalue weighted by molar-refractivity contribution is -0.137. The second-order valence-corrected chi connectivity index (χ2v) is 5.06. The number of aromatic nitrogens is 1. The van der Waals surface area contributed by atoms with Crippen molar-refractivity contribution in [2.75, 3.05) is 0 Å². The minimum Gasteiger partial charge on any atom is -0.327 e. The topological polar surface area (TPSA) is 38.9 Å². The van der Waals surface area contributed by atoms with Crippen molar-refractivity contribution in [2.24, 2.45) is 5.73 Å². The van der Waals surface area contributed by atoms with Crippen molar-refractivity contribution in [1.82, 2.24) is 4.98 Å². The van der Waals surface area contributed by atoms with Gasteiger partial charge in [-0.3, -0.25) is 4.98 Å². The molecular formula is C15H14ClF3N2. The summed E-state index contributed by atoms with van der Waals surface area (Å²) in [6.45, 7) is 0. The summed E-state index contributed by atoms with van der Waals surface area (Å²) < 4.78 is 38.0. The van der Waals surface area contributed by atoms with Crippen molar-refractivity contribution >= 4 is 12.4 Å². The van der Waals surface area contributed by atoms with Gasteiger partial charge in [0.15, 0.2) is 0 Å². The van der Waals surface area contributed by atoms with Crippen LogP contribution in [0.2, 0.25) is 0 Å². The molecule has 1 aromatic carbocycles. The zero-order valence-corrected chi connectivity index (χ0v) is 11.8. The number of rotatable bonds is 2. The number of alkyl halides is 3. The van der Waals surface area contributed by atoms with Gasteiger partial charge in [0.25, 0.3) is 0 Å². The van der Waals surface area contributed by atoms with Crippen molar-refractivity contribution in [3.05, 3.63) is 53.7 Å². The van der Waals surface area contributed by atoms with Crippen molar-refractivity contribution in [3.63, 3.8) is 0 Å². The van der Waals surface area contributed by atoms with Crippen molar-refractivity contribution in [2.45, 2.75) is 24.6 Å². The second-order valence-electron chi connectivity index (χ2n) is 5.06. The quantitative estimate of drug-likeness (QED) is 0.910.